The molecule has 3 heteroatoms. The molecule has 0 bridgehead atoms. The van der Waals surface area contributed by atoms with Gasteiger partial charge in [-0.3, -0.25) is 4.79 Å². The standard InChI is InChI=1S/C17H26N2O/c1-4-15-8-6-10-17(15)18-16-9-5-7-14(11-16)12-19(3)13(2)20/h5,7,9,11,15,17-18H,4,6,8,10,12H2,1-3H3. The van der Waals surface area contributed by atoms with Crippen LogP contribution < -0.4 is 5.32 Å². The Balaban J connectivity index is 2.00. The van der Waals surface area contributed by atoms with Crippen LogP contribution in [0.25, 0.3) is 0 Å². The molecule has 1 N–H and O–H groups in total. The van der Waals surface area contributed by atoms with E-state index in [1.807, 2.05) is 7.05 Å². The SMILES string of the molecule is CCC1CCCC1Nc1cccc(CN(C)C(C)=O)c1. The van der Waals surface area contributed by atoms with Crippen molar-refractivity contribution in [3.05, 3.63) is 29.8 Å². The largest absolute Gasteiger partial charge is 0.382 e. The summed E-state index contributed by atoms with van der Waals surface area (Å²) >= 11 is 0. The zero-order chi connectivity index (χ0) is 14.5. The van der Waals surface area contributed by atoms with E-state index in [0.29, 0.717) is 12.6 Å². The maximum absolute atomic E-state index is 11.3. The number of rotatable bonds is 5. The van der Waals surface area contributed by atoms with Crippen molar-refractivity contribution in [1.29, 1.82) is 0 Å². The van der Waals surface area contributed by atoms with Crippen LogP contribution in [0.15, 0.2) is 24.3 Å². The average Bonchev–Trinajstić information content (AvgIpc) is 2.86. The van der Waals surface area contributed by atoms with Crippen LogP contribution in [0, 0.1) is 5.92 Å². The van der Waals surface area contributed by atoms with Crippen LogP contribution in [0.2, 0.25) is 0 Å². The van der Waals surface area contributed by atoms with Crippen molar-refractivity contribution in [3.8, 4) is 0 Å². The van der Waals surface area contributed by atoms with Crippen molar-refractivity contribution in [2.24, 2.45) is 5.92 Å². The fraction of sp³-hybridized carbons (Fsp3) is 0.588. The smallest absolute Gasteiger partial charge is 0.219 e. The van der Waals surface area contributed by atoms with Crippen molar-refractivity contribution in [1.82, 2.24) is 4.90 Å². The van der Waals surface area contributed by atoms with Crippen molar-refractivity contribution in [3.63, 3.8) is 0 Å². The minimum atomic E-state index is 0.102. The van der Waals surface area contributed by atoms with Gasteiger partial charge in [-0.1, -0.05) is 31.9 Å². The number of carbonyl (C=O) groups is 1. The van der Waals surface area contributed by atoms with Gasteiger partial charge in [0.1, 0.15) is 0 Å². The molecule has 0 radical (unpaired) electrons. The summed E-state index contributed by atoms with van der Waals surface area (Å²) in [5.41, 5.74) is 2.36. The predicted molar refractivity (Wildman–Crippen MR) is 83.6 cm³/mol. The Kier molecular flexibility index (Phi) is 5.05. The van der Waals surface area contributed by atoms with Crippen LogP contribution in [-0.4, -0.2) is 23.9 Å². The van der Waals surface area contributed by atoms with E-state index in [0.717, 1.165) is 5.92 Å². The minimum Gasteiger partial charge on any atom is -0.382 e. The number of amides is 1. The molecule has 2 atom stereocenters. The van der Waals surface area contributed by atoms with Crippen LogP contribution >= 0.6 is 0 Å². The number of hydrogen-bond donors (Lipinski definition) is 1. The lowest BCUT2D eigenvalue weighted by Crippen LogP contribution is -2.24. The van der Waals surface area contributed by atoms with Gasteiger partial charge in [0.2, 0.25) is 5.91 Å². The molecule has 3 nitrogen and oxygen atoms in total. The average molecular weight is 274 g/mol. The van der Waals surface area contributed by atoms with Gasteiger partial charge in [0.05, 0.1) is 0 Å². The summed E-state index contributed by atoms with van der Waals surface area (Å²) in [6.45, 7) is 4.56. The molecular weight excluding hydrogens is 248 g/mol. The number of benzene rings is 1. The van der Waals surface area contributed by atoms with E-state index in [2.05, 4.69) is 36.5 Å². The molecule has 0 aliphatic heterocycles. The Bertz CT molecular complexity index is 458. The third-order valence-electron chi connectivity index (χ3n) is 4.42. The van der Waals surface area contributed by atoms with Gasteiger partial charge < -0.3 is 10.2 Å². The maximum Gasteiger partial charge on any atom is 0.219 e. The fourth-order valence-electron chi connectivity index (χ4n) is 3.07. The van der Waals surface area contributed by atoms with E-state index in [9.17, 15) is 4.79 Å². The monoisotopic (exact) mass is 274 g/mol. The Labute approximate surface area is 122 Å². The summed E-state index contributed by atoms with van der Waals surface area (Å²) in [5, 5.41) is 3.68. The topological polar surface area (TPSA) is 32.3 Å². The van der Waals surface area contributed by atoms with Crippen molar-refractivity contribution < 1.29 is 4.79 Å². The number of anilines is 1. The first-order chi connectivity index (χ1) is 9.60. The summed E-state index contributed by atoms with van der Waals surface area (Å²) in [5.74, 6) is 0.906. The quantitative estimate of drug-likeness (QED) is 0.888. The van der Waals surface area contributed by atoms with Gasteiger partial charge in [0, 0.05) is 32.2 Å². The summed E-state index contributed by atoms with van der Waals surface area (Å²) in [6.07, 6.45) is 5.21. The Hall–Kier alpha value is -1.51. The van der Waals surface area contributed by atoms with Crippen molar-refractivity contribution in [2.45, 2.75) is 52.1 Å². The van der Waals surface area contributed by atoms with E-state index in [-0.39, 0.29) is 5.91 Å². The zero-order valence-corrected chi connectivity index (χ0v) is 12.9. The Morgan fingerprint density at radius 2 is 2.20 bits per heavy atom. The normalized spacial score (nSPS) is 21.8. The first-order valence-electron chi connectivity index (χ1n) is 7.67. The number of nitrogens with zero attached hydrogens (tertiary/aromatic N) is 1. The van der Waals surface area contributed by atoms with E-state index in [1.165, 1.54) is 36.9 Å². The molecule has 0 saturated heterocycles. The molecule has 1 aliphatic carbocycles. The van der Waals surface area contributed by atoms with Crippen molar-refractivity contribution in [2.75, 3.05) is 12.4 Å². The highest BCUT2D eigenvalue weighted by molar-refractivity contribution is 5.72. The van der Waals surface area contributed by atoms with Gasteiger partial charge in [0.25, 0.3) is 0 Å². The molecule has 0 spiro atoms. The first-order valence-corrected chi connectivity index (χ1v) is 7.67. The summed E-state index contributed by atoms with van der Waals surface area (Å²) in [4.78, 5) is 13.0. The molecule has 0 aromatic heterocycles. The van der Waals surface area contributed by atoms with Crippen LogP contribution in [0.5, 0.6) is 0 Å². The Morgan fingerprint density at radius 1 is 1.40 bits per heavy atom. The van der Waals surface area contributed by atoms with Gasteiger partial charge in [-0.25, -0.2) is 0 Å². The maximum atomic E-state index is 11.3. The van der Waals surface area contributed by atoms with Crippen LogP contribution in [0.4, 0.5) is 5.69 Å². The second-order valence-corrected chi connectivity index (χ2v) is 5.93. The van der Waals surface area contributed by atoms with Gasteiger partial charge in [0.15, 0.2) is 0 Å². The van der Waals surface area contributed by atoms with E-state index in [1.54, 1.807) is 11.8 Å². The zero-order valence-electron chi connectivity index (χ0n) is 12.9. The highest BCUT2D eigenvalue weighted by Gasteiger charge is 2.25. The van der Waals surface area contributed by atoms with Crippen molar-refractivity contribution >= 4 is 11.6 Å². The molecule has 2 rings (SSSR count). The molecule has 1 amide bonds. The lowest BCUT2D eigenvalue weighted by molar-refractivity contribution is -0.128. The molecule has 20 heavy (non-hydrogen) atoms. The number of nitrogens with one attached hydrogen (secondary N) is 1. The first kappa shape index (κ1) is 14.9. The van der Waals surface area contributed by atoms with Crippen LogP contribution in [0.1, 0.15) is 45.1 Å². The second-order valence-electron chi connectivity index (χ2n) is 5.93. The molecular formula is C17H26N2O. The molecule has 0 heterocycles. The van der Waals surface area contributed by atoms with Gasteiger partial charge >= 0.3 is 0 Å². The van der Waals surface area contributed by atoms with Crippen LogP contribution in [0.3, 0.4) is 0 Å². The molecule has 1 aromatic carbocycles. The van der Waals surface area contributed by atoms with E-state index < -0.39 is 0 Å². The van der Waals surface area contributed by atoms with E-state index in [4.69, 9.17) is 0 Å². The van der Waals surface area contributed by atoms with Gasteiger partial charge in [-0.05, 0) is 36.5 Å². The van der Waals surface area contributed by atoms with Crippen LogP contribution in [-0.2, 0) is 11.3 Å². The highest BCUT2D eigenvalue weighted by atomic mass is 16.2. The third-order valence-corrected chi connectivity index (χ3v) is 4.42. The van der Waals surface area contributed by atoms with Gasteiger partial charge in [-0.15, -0.1) is 0 Å². The predicted octanol–water partition coefficient (Wildman–Crippen LogP) is 3.66. The Morgan fingerprint density at radius 3 is 2.90 bits per heavy atom. The third kappa shape index (κ3) is 3.75. The molecule has 1 aliphatic rings. The minimum absolute atomic E-state index is 0.102. The lowest BCUT2D eigenvalue weighted by atomic mass is 10.0. The lowest BCUT2D eigenvalue weighted by Gasteiger charge is -2.22. The summed E-state index contributed by atoms with van der Waals surface area (Å²) in [6, 6.07) is 9.06. The molecule has 110 valence electrons. The number of carbonyl (C=O) groups excluding carboxylic acids is 1. The van der Waals surface area contributed by atoms with E-state index >= 15 is 0 Å². The number of hydrogen-bond acceptors (Lipinski definition) is 2. The molecule has 1 aromatic rings. The summed E-state index contributed by atoms with van der Waals surface area (Å²) in [7, 11) is 1.84. The fourth-order valence-corrected chi connectivity index (χ4v) is 3.07. The molecule has 1 saturated carbocycles. The second kappa shape index (κ2) is 6.78. The molecule has 1 fully saturated rings. The highest BCUT2D eigenvalue weighted by Crippen LogP contribution is 2.30. The summed E-state index contributed by atoms with van der Waals surface area (Å²) < 4.78 is 0. The van der Waals surface area contributed by atoms with Gasteiger partial charge in [-0.2, -0.15) is 0 Å². The molecule has 2 unspecified atom stereocenters.